The monoisotopic (exact) mass is 471 g/mol. The number of nitrogens with two attached hydrogens (primary N) is 1. The minimum absolute atomic E-state index is 0.0488. The molecule has 2 aromatic heterocycles. The highest BCUT2D eigenvalue weighted by atomic mass is 127. The minimum Gasteiger partial charge on any atom is -0.326 e. The zero-order valence-electron chi connectivity index (χ0n) is 10.2. The molecule has 0 spiro atoms. The van der Waals surface area contributed by atoms with E-state index in [0.717, 1.165) is 19.4 Å². The molecule has 5 nitrogen and oxygen atoms in total. The quantitative estimate of drug-likeness (QED) is 0.696. The minimum atomic E-state index is 0.0488. The van der Waals surface area contributed by atoms with E-state index in [2.05, 4.69) is 66.8 Å². The van der Waals surface area contributed by atoms with Gasteiger partial charge in [0, 0.05) is 24.8 Å². The molecule has 0 aromatic carbocycles. The van der Waals surface area contributed by atoms with Crippen LogP contribution in [0, 0.1) is 7.40 Å². The van der Waals surface area contributed by atoms with Gasteiger partial charge in [-0.25, -0.2) is 4.98 Å². The Morgan fingerprint density at radius 1 is 1.44 bits per heavy atom. The van der Waals surface area contributed by atoms with Gasteiger partial charge in [-0.05, 0) is 51.6 Å². The van der Waals surface area contributed by atoms with E-state index in [4.69, 9.17) is 5.73 Å². The lowest BCUT2D eigenvalue weighted by Gasteiger charge is -2.24. The number of aromatic nitrogens is 4. The zero-order valence-corrected chi connectivity index (χ0v) is 14.5. The van der Waals surface area contributed by atoms with Crippen molar-refractivity contribution in [2.45, 2.75) is 25.4 Å². The number of hydrogen-bond donors (Lipinski definition) is 1. The van der Waals surface area contributed by atoms with Crippen LogP contribution in [0.4, 0.5) is 0 Å². The fourth-order valence-corrected chi connectivity index (χ4v) is 2.91. The second-order valence-electron chi connectivity index (χ2n) is 4.20. The van der Waals surface area contributed by atoms with Crippen molar-refractivity contribution in [3.63, 3.8) is 0 Å². The second-order valence-corrected chi connectivity index (χ2v) is 6.24. The normalized spacial score (nSPS) is 14.7. The summed E-state index contributed by atoms with van der Waals surface area (Å²) < 4.78 is 6.06. The van der Waals surface area contributed by atoms with Crippen LogP contribution in [0.15, 0.2) is 18.7 Å². The van der Waals surface area contributed by atoms with E-state index >= 15 is 0 Å². The Morgan fingerprint density at radius 2 is 2.17 bits per heavy atom. The van der Waals surface area contributed by atoms with Crippen molar-refractivity contribution in [3.8, 4) is 0 Å². The van der Waals surface area contributed by atoms with Crippen LogP contribution in [0.2, 0.25) is 0 Å². The van der Waals surface area contributed by atoms with Gasteiger partial charge in [0.2, 0.25) is 0 Å². The third kappa shape index (κ3) is 2.72. The highest BCUT2D eigenvalue weighted by molar-refractivity contribution is 14.1. The van der Waals surface area contributed by atoms with Gasteiger partial charge in [0.15, 0.2) is 0 Å². The van der Waals surface area contributed by atoms with Gasteiger partial charge in [0.1, 0.15) is 7.40 Å². The molecule has 0 aliphatic carbocycles. The smallest absolute Gasteiger partial charge is 0.132 e. The van der Waals surface area contributed by atoms with Gasteiger partial charge >= 0.3 is 0 Å². The summed E-state index contributed by atoms with van der Waals surface area (Å²) in [4.78, 5) is 4.35. The molecule has 0 bridgehead atoms. The third-order valence-corrected chi connectivity index (χ3v) is 5.82. The summed E-state index contributed by atoms with van der Waals surface area (Å²) in [6.07, 6.45) is 6.66. The van der Waals surface area contributed by atoms with Gasteiger partial charge in [0.25, 0.3) is 0 Å². The van der Waals surface area contributed by atoms with Crippen molar-refractivity contribution >= 4 is 45.2 Å². The van der Waals surface area contributed by atoms with Crippen LogP contribution in [0.5, 0.6) is 0 Å². The van der Waals surface area contributed by atoms with Crippen molar-refractivity contribution in [1.82, 2.24) is 19.3 Å². The van der Waals surface area contributed by atoms with Gasteiger partial charge < -0.3 is 10.3 Å². The Hall–Kier alpha value is -0.160. The average Bonchev–Trinajstić information content (AvgIpc) is 2.90. The maximum absolute atomic E-state index is 6.28. The Morgan fingerprint density at radius 3 is 2.61 bits per heavy atom. The zero-order chi connectivity index (χ0) is 13.3. The molecule has 2 aromatic rings. The third-order valence-electron chi connectivity index (χ3n) is 2.94. The van der Waals surface area contributed by atoms with E-state index in [0.29, 0.717) is 0 Å². The van der Waals surface area contributed by atoms with Gasteiger partial charge in [-0.1, -0.05) is 6.92 Å². The predicted molar refractivity (Wildman–Crippen MR) is 87.3 cm³/mol. The average molecular weight is 471 g/mol. The molecule has 0 radical (unpaired) electrons. The Kier molecular flexibility index (Phi) is 4.64. The van der Waals surface area contributed by atoms with Crippen LogP contribution >= 0.6 is 45.2 Å². The van der Waals surface area contributed by atoms with E-state index in [9.17, 15) is 0 Å². The molecule has 0 aliphatic rings. The first-order chi connectivity index (χ1) is 8.54. The molecule has 0 saturated carbocycles. The summed E-state index contributed by atoms with van der Waals surface area (Å²) in [6, 6.07) is 0.138. The van der Waals surface area contributed by atoms with Crippen LogP contribution < -0.4 is 5.73 Å². The summed E-state index contributed by atoms with van der Waals surface area (Å²) in [6.45, 7) is 2.10. The molecule has 2 N–H and O–H groups in total. The number of aryl methyl sites for hydroxylation is 1. The lowest BCUT2D eigenvalue weighted by atomic mass is 10.0. The van der Waals surface area contributed by atoms with Crippen LogP contribution in [-0.2, 0) is 7.05 Å². The number of halogens is 2. The van der Waals surface area contributed by atoms with E-state index in [-0.39, 0.29) is 12.1 Å². The topological polar surface area (TPSA) is 61.7 Å². The Balaban J connectivity index is 2.46. The van der Waals surface area contributed by atoms with E-state index in [1.54, 1.807) is 4.68 Å². The molecular formula is C11H15I2N5. The number of hydrogen-bond acceptors (Lipinski definition) is 3. The van der Waals surface area contributed by atoms with Crippen LogP contribution in [0.3, 0.4) is 0 Å². The predicted octanol–water partition coefficient (Wildman–Crippen LogP) is 2.15. The molecule has 2 heterocycles. The highest BCUT2D eigenvalue weighted by Gasteiger charge is 2.24. The standard InChI is InChI=1S/C11H15I2N5/c1-3-8(14)9(7-4-16-17(2)5-7)18-6-15-10(12)11(18)13/h4-6,8-9H,3,14H2,1-2H3. The number of imidazole rings is 1. The number of nitrogens with zero attached hydrogens (tertiary/aromatic N) is 4. The van der Waals surface area contributed by atoms with Gasteiger partial charge in [-0.15, -0.1) is 0 Å². The molecular weight excluding hydrogens is 456 g/mol. The summed E-state index contributed by atoms with van der Waals surface area (Å²) in [5.41, 5.74) is 7.40. The van der Waals surface area contributed by atoms with Gasteiger partial charge in [0.05, 0.1) is 18.6 Å². The molecule has 98 valence electrons. The fourth-order valence-electron chi connectivity index (χ4n) is 1.95. The molecule has 2 unspecified atom stereocenters. The molecule has 2 atom stereocenters. The second kappa shape index (κ2) is 5.87. The largest absolute Gasteiger partial charge is 0.326 e. The van der Waals surface area contributed by atoms with Gasteiger partial charge in [-0.2, -0.15) is 5.10 Å². The summed E-state index contributed by atoms with van der Waals surface area (Å²) in [5, 5.41) is 4.24. The molecule has 18 heavy (non-hydrogen) atoms. The Labute approximate surface area is 133 Å². The van der Waals surface area contributed by atoms with E-state index in [1.165, 1.54) is 0 Å². The first kappa shape index (κ1) is 14.3. The SMILES string of the molecule is CCC(N)C(c1cnn(C)c1)n1cnc(I)c1I. The fraction of sp³-hybridized carbons (Fsp3) is 0.455. The molecule has 0 saturated heterocycles. The van der Waals surface area contributed by atoms with Crippen molar-refractivity contribution in [2.24, 2.45) is 12.8 Å². The molecule has 2 rings (SSSR count). The van der Waals surface area contributed by atoms with Crippen molar-refractivity contribution < 1.29 is 0 Å². The maximum atomic E-state index is 6.28. The Bertz CT molecular complexity index is 533. The van der Waals surface area contributed by atoms with E-state index in [1.807, 2.05) is 25.8 Å². The summed E-state index contributed by atoms with van der Waals surface area (Å²) >= 11 is 4.55. The van der Waals surface area contributed by atoms with Crippen LogP contribution in [0.25, 0.3) is 0 Å². The van der Waals surface area contributed by atoms with Crippen LogP contribution in [-0.4, -0.2) is 25.4 Å². The highest BCUT2D eigenvalue weighted by Crippen LogP contribution is 2.26. The van der Waals surface area contributed by atoms with Crippen molar-refractivity contribution in [3.05, 3.63) is 31.7 Å². The first-order valence-electron chi connectivity index (χ1n) is 5.66. The van der Waals surface area contributed by atoms with Crippen LogP contribution in [0.1, 0.15) is 24.9 Å². The van der Waals surface area contributed by atoms with E-state index < -0.39 is 0 Å². The maximum Gasteiger partial charge on any atom is 0.132 e. The van der Waals surface area contributed by atoms with Crippen molar-refractivity contribution in [2.75, 3.05) is 0 Å². The first-order valence-corrected chi connectivity index (χ1v) is 7.82. The molecule has 0 amide bonds. The molecule has 7 heteroatoms. The molecule has 0 aliphatic heterocycles. The molecule has 0 fully saturated rings. The number of rotatable bonds is 4. The van der Waals surface area contributed by atoms with Gasteiger partial charge in [-0.3, -0.25) is 4.68 Å². The summed E-state index contributed by atoms with van der Waals surface area (Å²) in [7, 11) is 1.92. The summed E-state index contributed by atoms with van der Waals surface area (Å²) in [5.74, 6) is 0. The lowest BCUT2D eigenvalue weighted by molar-refractivity contribution is 0.452. The van der Waals surface area contributed by atoms with Crippen molar-refractivity contribution in [1.29, 1.82) is 0 Å². The lowest BCUT2D eigenvalue weighted by Crippen LogP contribution is -2.32.